The van der Waals surface area contributed by atoms with Crippen LogP contribution in [-0.4, -0.2) is 27.1 Å². The summed E-state index contributed by atoms with van der Waals surface area (Å²) in [7, 11) is -3.49. The Labute approximate surface area is 162 Å². The Morgan fingerprint density at radius 1 is 0.926 bits per heavy atom. The highest BCUT2D eigenvalue weighted by molar-refractivity contribution is 7.92. The Bertz CT molecular complexity index is 942. The van der Waals surface area contributed by atoms with Crippen molar-refractivity contribution in [2.75, 3.05) is 22.4 Å². The summed E-state index contributed by atoms with van der Waals surface area (Å²) in [6, 6.07) is 9.63. The first-order valence-electron chi connectivity index (χ1n) is 8.91. The average molecular weight is 389 g/mol. The lowest BCUT2D eigenvalue weighted by Gasteiger charge is -2.24. The van der Waals surface area contributed by atoms with Gasteiger partial charge in [-0.15, -0.1) is 0 Å². The summed E-state index contributed by atoms with van der Waals surface area (Å²) in [5.74, 6) is -0.205. The second-order valence-electron chi connectivity index (χ2n) is 7.20. The fraction of sp³-hybridized carbons (Fsp3) is 0.381. The summed E-state index contributed by atoms with van der Waals surface area (Å²) >= 11 is 0. The van der Waals surface area contributed by atoms with Gasteiger partial charge >= 0.3 is 0 Å². The van der Waals surface area contributed by atoms with Crippen LogP contribution in [0.25, 0.3) is 0 Å². The van der Waals surface area contributed by atoms with E-state index in [4.69, 9.17) is 0 Å². The molecule has 2 aromatic rings. The SMILES string of the molecule is Cc1ccc(N(CCC(=O)Nc2c(C)cc(C)cc2C)S(C)(=O)=O)c(C)c1. The summed E-state index contributed by atoms with van der Waals surface area (Å²) in [5.41, 5.74) is 6.46. The molecule has 2 aromatic carbocycles. The van der Waals surface area contributed by atoms with E-state index in [-0.39, 0.29) is 18.9 Å². The number of nitrogens with zero attached hydrogens (tertiary/aromatic N) is 1. The summed E-state index contributed by atoms with van der Waals surface area (Å²) in [4.78, 5) is 12.5. The van der Waals surface area contributed by atoms with Gasteiger partial charge in [-0.2, -0.15) is 0 Å². The summed E-state index contributed by atoms with van der Waals surface area (Å²) < 4.78 is 25.9. The number of hydrogen-bond donors (Lipinski definition) is 1. The molecule has 0 aliphatic heterocycles. The topological polar surface area (TPSA) is 66.5 Å². The standard InChI is InChI=1S/C21H28N2O3S/c1-14-7-8-19(16(3)11-14)23(27(6,25)26)10-9-20(24)22-21-17(4)12-15(2)13-18(21)5/h7-8,11-13H,9-10H2,1-6H3,(H,22,24). The first kappa shape index (κ1) is 21.0. The van der Waals surface area contributed by atoms with E-state index in [9.17, 15) is 13.2 Å². The number of rotatable bonds is 6. The van der Waals surface area contributed by atoms with Crippen LogP contribution in [0.2, 0.25) is 0 Å². The smallest absolute Gasteiger partial charge is 0.232 e. The number of benzene rings is 2. The lowest BCUT2D eigenvalue weighted by molar-refractivity contribution is -0.116. The van der Waals surface area contributed by atoms with Crippen LogP contribution >= 0.6 is 0 Å². The average Bonchev–Trinajstić information content (AvgIpc) is 2.51. The van der Waals surface area contributed by atoms with Crippen molar-refractivity contribution in [2.24, 2.45) is 0 Å². The zero-order valence-corrected chi connectivity index (χ0v) is 17.7. The fourth-order valence-corrected chi connectivity index (χ4v) is 4.32. The molecule has 0 saturated carbocycles. The van der Waals surface area contributed by atoms with E-state index in [2.05, 4.69) is 5.32 Å². The van der Waals surface area contributed by atoms with E-state index in [1.165, 1.54) is 10.6 Å². The molecule has 0 fully saturated rings. The Balaban J connectivity index is 2.17. The maximum absolute atomic E-state index is 12.5. The zero-order valence-electron chi connectivity index (χ0n) is 16.9. The molecule has 0 aromatic heterocycles. The summed E-state index contributed by atoms with van der Waals surface area (Å²) in [5, 5.41) is 2.93. The van der Waals surface area contributed by atoms with Crippen LogP contribution in [0.4, 0.5) is 11.4 Å². The van der Waals surface area contributed by atoms with Crippen molar-refractivity contribution in [3.05, 3.63) is 58.1 Å². The molecule has 0 atom stereocenters. The van der Waals surface area contributed by atoms with Crippen LogP contribution in [0.3, 0.4) is 0 Å². The van der Waals surface area contributed by atoms with Crippen molar-refractivity contribution in [3.8, 4) is 0 Å². The van der Waals surface area contributed by atoms with Crippen LogP contribution in [0.15, 0.2) is 30.3 Å². The van der Waals surface area contributed by atoms with Crippen molar-refractivity contribution in [1.82, 2.24) is 0 Å². The second kappa shape index (κ2) is 8.13. The molecule has 0 bridgehead atoms. The van der Waals surface area contributed by atoms with Gasteiger partial charge in [-0.1, -0.05) is 35.4 Å². The van der Waals surface area contributed by atoms with E-state index in [0.29, 0.717) is 5.69 Å². The normalized spacial score (nSPS) is 11.3. The molecule has 1 N–H and O–H groups in total. The quantitative estimate of drug-likeness (QED) is 0.813. The molecule has 0 unspecified atom stereocenters. The third kappa shape index (κ3) is 5.32. The van der Waals surface area contributed by atoms with Crippen LogP contribution < -0.4 is 9.62 Å². The van der Waals surface area contributed by atoms with Gasteiger partial charge in [-0.05, 0) is 57.4 Å². The van der Waals surface area contributed by atoms with E-state index >= 15 is 0 Å². The van der Waals surface area contributed by atoms with Gasteiger partial charge in [0, 0.05) is 18.7 Å². The van der Waals surface area contributed by atoms with E-state index in [1.54, 1.807) is 6.07 Å². The number of aryl methyl sites for hydroxylation is 5. The highest BCUT2D eigenvalue weighted by atomic mass is 32.2. The van der Waals surface area contributed by atoms with E-state index < -0.39 is 10.0 Å². The third-order valence-corrected chi connectivity index (χ3v) is 5.68. The first-order chi connectivity index (χ1) is 12.5. The van der Waals surface area contributed by atoms with E-state index in [1.807, 2.05) is 58.9 Å². The number of carbonyl (C=O) groups excluding carboxylic acids is 1. The van der Waals surface area contributed by atoms with Crippen LogP contribution in [0.1, 0.15) is 34.2 Å². The lowest BCUT2D eigenvalue weighted by atomic mass is 10.0. The number of anilines is 2. The molecule has 6 heteroatoms. The van der Waals surface area contributed by atoms with Crippen LogP contribution in [-0.2, 0) is 14.8 Å². The largest absolute Gasteiger partial charge is 0.326 e. The molecule has 146 valence electrons. The fourth-order valence-electron chi connectivity index (χ4n) is 3.33. The Morgan fingerprint density at radius 2 is 1.48 bits per heavy atom. The maximum Gasteiger partial charge on any atom is 0.232 e. The van der Waals surface area contributed by atoms with Gasteiger partial charge in [0.25, 0.3) is 0 Å². The molecule has 0 spiro atoms. The van der Waals surface area contributed by atoms with Crippen molar-refractivity contribution < 1.29 is 13.2 Å². The number of sulfonamides is 1. The van der Waals surface area contributed by atoms with Gasteiger partial charge < -0.3 is 5.32 Å². The third-order valence-electron chi connectivity index (χ3n) is 4.50. The van der Waals surface area contributed by atoms with Gasteiger partial charge in [0.1, 0.15) is 0 Å². The van der Waals surface area contributed by atoms with Crippen molar-refractivity contribution in [1.29, 1.82) is 0 Å². The van der Waals surface area contributed by atoms with Gasteiger partial charge in [-0.3, -0.25) is 9.10 Å². The Kier molecular flexibility index (Phi) is 6.31. The number of amides is 1. The van der Waals surface area contributed by atoms with Gasteiger partial charge in [0.05, 0.1) is 11.9 Å². The minimum absolute atomic E-state index is 0.0765. The van der Waals surface area contributed by atoms with E-state index in [0.717, 1.165) is 33.5 Å². The predicted octanol–water partition coefficient (Wildman–Crippen LogP) is 4.02. The molecule has 0 aliphatic carbocycles. The highest BCUT2D eigenvalue weighted by Crippen LogP contribution is 2.25. The minimum atomic E-state index is -3.49. The summed E-state index contributed by atoms with van der Waals surface area (Å²) in [6.07, 6.45) is 1.24. The Hall–Kier alpha value is -2.34. The second-order valence-corrected chi connectivity index (χ2v) is 9.10. The molecule has 1 amide bonds. The Morgan fingerprint density at radius 3 is 2.00 bits per heavy atom. The van der Waals surface area contributed by atoms with Crippen molar-refractivity contribution >= 4 is 27.3 Å². The van der Waals surface area contributed by atoms with Gasteiger partial charge in [0.2, 0.25) is 15.9 Å². The number of hydrogen-bond acceptors (Lipinski definition) is 3. The van der Waals surface area contributed by atoms with Gasteiger partial charge in [-0.25, -0.2) is 8.42 Å². The van der Waals surface area contributed by atoms with Crippen LogP contribution in [0.5, 0.6) is 0 Å². The van der Waals surface area contributed by atoms with Crippen LogP contribution in [0, 0.1) is 34.6 Å². The highest BCUT2D eigenvalue weighted by Gasteiger charge is 2.20. The first-order valence-corrected chi connectivity index (χ1v) is 10.8. The molecule has 0 heterocycles. The van der Waals surface area contributed by atoms with Crippen molar-refractivity contribution in [2.45, 2.75) is 41.0 Å². The molecular weight excluding hydrogens is 360 g/mol. The molecular formula is C21H28N2O3S. The molecule has 5 nitrogen and oxygen atoms in total. The molecule has 2 rings (SSSR count). The van der Waals surface area contributed by atoms with Crippen molar-refractivity contribution in [3.63, 3.8) is 0 Å². The molecule has 0 saturated heterocycles. The minimum Gasteiger partial charge on any atom is -0.326 e. The lowest BCUT2D eigenvalue weighted by Crippen LogP contribution is -2.33. The molecule has 0 radical (unpaired) electrons. The van der Waals surface area contributed by atoms with Gasteiger partial charge in [0.15, 0.2) is 0 Å². The molecule has 0 aliphatic rings. The number of nitrogens with one attached hydrogen (secondary N) is 1. The number of carbonyl (C=O) groups is 1. The molecule has 27 heavy (non-hydrogen) atoms. The predicted molar refractivity (Wildman–Crippen MR) is 112 cm³/mol. The summed E-state index contributed by atoms with van der Waals surface area (Å²) in [6.45, 7) is 9.85. The maximum atomic E-state index is 12.5. The zero-order chi connectivity index (χ0) is 20.4. The monoisotopic (exact) mass is 388 g/mol.